The number of amides is 1. The number of rotatable bonds is 8. The number of hydrogen-bond donors (Lipinski definition) is 1. The van der Waals surface area contributed by atoms with Crippen LogP contribution in [-0.2, 0) is 4.79 Å². The number of carbonyl (C=O) groups is 1. The molecule has 0 atom stereocenters. The van der Waals surface area contributed by atoms with Crippen molar-refractivity contribution in [1.82, 2.24) is 4.90 Å². The lowest BCUT2D eigenvalue weighted by Crippen LogP contribution is -2.27. The highest BCUT2D eigenvalue weighted by Gasteiger charge is 2.20. The maximum Gasteiger partial charge on any atom is 0.262 e. The summed E-state index contributed by atoms with van der Waals surface area (Å²) in [6.45, 7) is 4.26. The fourth-order valence-corrected chi connectivity index (χ4v) is 4.26. The summed E-state index contributed by atoms with van der Waals surface area (Å²) in [4.78, 5) is 15.4. The third kappa shape index (κ3) is 5.75. The summed E-state index contributed by atoms with van der Waals surface area (Å²) in [5.41, 5.74) is 1.62. The smallest absolute Gasteiger partial charge is 0.262 e. The number of nitrogens with zero attached hydrogens (tertiary/aromatic N) is 1. The standard InChI is InChI=1S/C22H25IN2O4S/c1-3-28-19-13-15(22(30)25-10-4-5-11-25)12-18(23)21(19)29-14-20(26)24-16-6-8-17(27-2)9-7-16/h6-9,12-13H,3-5,10-11,14H2,1-2H3,(H,24,26). The van der Waals surface area contributed by atoms with Gasteiger partial charge in [-0.05, 0) is 78.8 Å². The van der Waals surface area contributed by atoms with E-state index in [2.05, 4.69) is 32.8 Å². The van der Waals surface area contributed by atoms with E-state index >= 15 is 0 Å². The second kappa shape index (κ2) is 10.8. The van der Waals surface area contributed by atoms with Crippen molar-refractivity contribution >= 4 is 51.4 Å². The van der Waals surface area contributed by atoms with Crippen LogP contribution in [0.4, 0.5) is 5.69 Å². The normalized spacial score (nSPS) is 13.1. The van der Waals surface area contributed by atoms with Gasteiger partial charge >= 0.3 is 0 Å². The summed E-state index contributed by atoms with van der Waals surface area (Å²) in [5, 5.41) is 2.81. The summed E-state index contributed by atoms with van der Waals surface area (Å²) in [6.07, 6.45) is 2.33. The third-order valence-electron chi connectivity index (χ3n) is 4.67. The highest BCUT2D eigenvalue weighted by atomic mass is 127. The number of nitrogens with one attached hydrogen (secondary N) is 1. The number of halogens is 1. The predicted molar refractivity (Wildman–Crippen MR) is 130 cm³/mol. The van der Waals surface area contributed by atoms with Crippen LogP contribution in [0.3, 0.4) is 0 Å². The van der Waals surface area contributed by atoms with Crippen molar-refractivity contribution in [2.45, 2.75) is 19.8 Å². The molecular formula is C22H25IN2O4S. The number of methoxy groups -OCH3 is 1. The number of carbonyl (C=O) groups excluding carboxylic acids is 1. The average molecular weight is 540 g/mol. The second-order valence-electron chi connectivity index (χ2n) is 6.78. The van der Waals surface area contributed by atoms with E-state index in [1.54, 1.807) is 31.4 Å². The van der Waals surface area contributed by atoms with Gasteiger partial charge in [-0.25, -0.2) is 0 Å². The maximum atomic E-state index is 12.3. The van der Waals surface area contributed by atoms with Crippen LogP contribution in [0.15, 0.2) is 36.4 Å². The van der Waals surface area contributed by atoms with Crippen LogP contribution in [0, 0.1) is 3.57 Å². The molecule has 0 unspecified atom stereocenters. The molecule has 0 radical (unpaired) electrons. The first-order valence-electron chi connectivity index (χ1n) is 9.84. The maximum absolute atomic E-state index is 12.3. The molecule has 2 aromatic rings. The van der Waals surface area contributed by atoms with E-state index in [9.17, 15) is 4.79 Å². The number of benzene rings is 2. The molecule has 8 heteroatoms. The molecule has 0 aliphatic carbocycles. The zero-order valence-electron chi connectivity index (χ0n) is 17.1. The zero-order chi connectivity index (χ0) is 21.5. The molecule has 160 valence electrons. The van der Waals surface area contributed by atoms with Gasteiger partial charge in [0.15, 0.2) is 18.1 Å². The van der Waals surface area contributed by atoms with E-state index in [0.717, 1.165) is 33.0 Å². The van der Waals surface area contributed by atoms with Gasteiger partial charge in [-0.1, -0.05) is 12.2 Å². The summed E-state index contributed by atoms with van der Waals surface area (Å²) < 4.78 is 17.6. The lowest BCUT2D eigenvalue weighted by atomic mass is 10.2. The fraction of sp³-hybridized carbons (Fsp3) is 0.364. The number of likely N-dealkylation sites (tertiary alicyclic amines) is 1. The van der Waals surface area contributed by atoms with Crippen LogP contribution in [0.1, 0.15) is 25.3 Å². The van der Waals surface area contributed by atoms with Crippen molar-refractivity contribution in [3.63, 3.8) is 0 Å². The summed E-state index contributed by atoms with van der Waals surface area (Å²) >= 11 is 7.87. The lowest BCUT2D eigenvalue weighted by Gasteiger charge is -2.21. The van der Waals surface area contributed by atoms with Crippen molar-refractivity contribution in [2.75, 3.05) is 38.7 Å². The number of thiocarbonyl (C=S) groups is 1. The van der Waals surface area contributed by atoms with Gasteiger partial charge in [0.25, 0.3) is 5.91 Å². The van der Waals surface area contributed by atoms with Gasteiger partial charge in [0.2, 0.25) is 0 Å². The Morgan fingerprint density at radius 2 is 1.87 bits per heavy atom. The Bertz CT molecular complexity index is 899. The van der Waals surface area contributed by atoms with Gasteiger partial charge in [-0.2, -0.15) is 0 Å². The molecule has 0 aromatic heterocycles. The molecule has 0 spiro atoms. The highest BCUT2D eigenvalue weighted by Crippen LogP contribution is 2.35. The molecule has 1 N–H and O–H groups in total. The second-order valence-corrected chi connectivity index (χ2v) is 8.33. The van der Waals surface area contributed by atoms with Crippen LogP contribution >= 0.6 is 34.8 Å². The van der Waals surface area contributed by atoms with E-state index in [1.165, 1.54) is 12.8 Å². The Hall–Kier alpha value is -2.07. The fourth-order valence-electron chi connectivity index (χ4n) is 3.21. The summed E-state index contributed by atoms with van der Waals surface area (Å²) in [7, 11) is 1.60. The van der Waals surface area contributed by atoms with E-state index < -0.39 is 0 Å². The van der Waals surface area contributed by atoms with Crippen molar-refractivity contribution in [2.24, 2.45) is 0 Å². The Kier molecular flexibility index (Phi) is 8.15. The third-order valence-corrected chi connectivity index (χ3v) is 5.97. The Labute approximate surface area is 196 Å². The van der Waals surface area contributed by atoms with Crippen molar-refractivity contribution < 1.29 is 19.0 Å². The highest BCUT2D eigenvalue weighted by molar-refractivity contribution is 14.1. The lowest BCUT2D eigenvalue weighted by molar-refractivity contribution is -0.118. The Morgan fingerprint density at radius 3 is 2.50 bits per heavy atom. The molecule has 0 bridgehead atoms. The van der Waals surface area contributed by atoms with E-state index in [0.29, 0.717) is 23.8 Å². The molecule has 1 saturated heterocycles. The number of anilines is 1. The van der Waals surface area contributed by atoms with Crippen LogP contribution < -0.4 is 19.5 Å². The zero-order valence-corrected chi connectivity index (χ0v) is 20.0. The number of ether oxygens (including phenoxy) is 3. The quantitative estimate of drug-likeness (QED) is 0.394. The van der Waals surface area contributed by atoms with Crippen LogP contribution in [0.2, 0.25) is 0 Å². The van der Waals surface area contributed by atoms with Crippen LogP contribution in [-0.4, -0.2) is 49.2 Å². The van der Waals surface area contributed by atoms with Crippen molar-refractivity contribution in [3.05, 3.63) is 45.5 Å². The molecule has 30 heavy (non-hydrogen) atoms. The largest absolute Gasteiger partial charge is 0.497 e. The van der Waals surface area contributed by atoms with Gasteiger partial charge in [-0.15, -0.1) is 0 Å². The summed E-state index contributed by atoms with van der Waals surface area (Å²) in [6, 6.07) is 11.0. The minimum absolute atomic E-state index is 0.127. The van der Waals surface area contributed by atoms with Gasteiger partial charge in [0.1, 0.15) is 10.7 Å². The molecule has 1 aliphatic rings. The molecule has 3 rings (SSSR count). The van der Waals surface area contributed by atoms with Crippen LogP contribution in [0.25, 0.3) is 0 Å². The van der Waals surface area contributed by atoms with E-state index in [4.69, 9.17) is 26.4 Å². The van der Waals surface area contributed by atoms with Crippen molar-refractivity contribution in [3.8, 4) is 17.2 Å². The molecular weight excluding hydrogens is 515 g/mol. The van der Waals surface area contributed by atoms with Crippen LogP contribution in [0.5, 0.6) is 17.2 Å². The van der Waals surface area contributed by atoms with Gasteiger partial charge in [0, 0.05) is 24.3 Å². The minimum Gasteiger partial charge on any atom is -0.497 e. The molecule has 0 saturated carbocycles. The topological polar surface area (TPSA) is 60.0 Å². The molecule has 6 nitrogen and oxygen atoms in total. The average Bonchev–Trinajstić information content (AvgIpc) is 3.28. The molecule has 1 amide bonds. The molecule has 1 heterocycles. The van der Waals surface area contributed by atoms with Gasteiger partial charge < -0.3 is 24.4 Å². The Balaban J connectivity index is 1.69. The van der Waals surface area contributed by atoms with Gasteiger partial charge in [0.05, 0.1) is 17.3 Å². The first-order valence-corrected chi connectivity index (χ1v) is 11.3. The number of hydrogen-bond acceptors (Lipinski definition) is 5. The first kappa shape index (κ1) is 22.6. The summed E-state index contributed by atoms with van der Waals surface area (Å²) in [5.74, 6) is 1.62. The molecule has 2 aromatic carbocycles. The van der Waals surface area contributed by atoms with E-state index in [1.807, 2.05) is 19.1 Å². The molecule has 1 fully saturated rings. The minimum atomic E-state index is -0.255. The van der Waals surface area contributed by atoms with Crippen molar-refractivity contribution in [1.29, 1.82) is 0 Å². The SMILES string of the molecule is CCOc1cc(C(=S)N2CCCC2)cc(I)c1OCC(=O)Nc1ccc(OC)cc1. The first-order chi connectivity index (χ1) is 14.5. The monoisotopic (exact) mass is 540 g/mol. The van der Waals surface area contributed by atoms with E-state index in [-0.39, 0.29) is 12.5 Å². The molecule has 1 aliphatic heterocycles. The predicted octanol–water partition coefficient (Wildman–Crippen LogP) is 4.49. The Morgan fingerprint density at radius 1 is 1.17 bits per heavy atom. The van der Waals surface area contributed by atoms with Gasteiger partial charge in [-0.3, -0.25) is 4.79 Å².